The second-order valence-corrected chi connectivity index (χ2v) is 5.90. The molecular formula is C16H16N2OS. The zero-order valence-electron chi connectivity index (χ0n) is 11.4. The van der Waals surface area contributed by atoms with Crippen molar-refractivity contribution in [3.63, 3.8) is 0 Å². The summed E-state index contributed by atoms with van der Waals surface area (Å²) in [7, 11) is 0. The molecule has 0 radical (unpaired) electrons. The Morgan fingerprint density at radius 3 is 2.65 bits per heavy atom. The van der Waals surface area contributed by atoms with Gasteiger partial charge in [0.1, 0.15) is 5.75 Å². The molecule has 3 aromatic rings. The molecule has 0 saturated heterocycles. The fourth-order valence-corrected chi connectivity index (χ4v) is 3.01. The van der Waals surface area contributed by atoms with E-state index in [-0.39, 0.29) is 6.04 Å². The van der Waals surface area contributed by atoms with E-state index in [0.717, 1.165) is 27.2 Å². The van der Waals surface area contributed by atoms with Crippen molar-refractivity contribution in [3.8, 4) is 5.75 Å². The van der Waals surface area contributed by atoms with Crippen molar-refractivity contribution in [2.45, 2.75) is 19.9 Å². The molecule has 102 valence electrons. The van der Waals surface area contributed by atoms with Gasteiger partial charge in [-0.15, -0.1) is 11.3 Å². The maximum Gasteiger partial charge on any atom is 0.123 e. The van der Waals surface area contributed by atoms with Crippen LogP contribution in [0.15, 0.2) is 41.8 Å². The van der Waals surface area contributed by atoms with Crippen LogP contribution in [0.4, 0.5) is 5.69 Å². The first-order valence-electron chi connectivity index (χ1n) is 6.54. The monoisotopic (exact) mass is 284 g/mol. The number of nitrogens with one attached hydrogen (secondary N) is 1. The molecule has 0 aliphatic rings. The molecule has 1 aromatic heterocycles. The Morgan fingerprint density at radius 2 is 1.90 bits per heavy atom. The van der Waals surface area contributed by atoms with Crippen molar-refractivity contribution < 1.29 is 5.11 Å². The third-order valence-corrected chi connectivity index (χ3v) is 4.14. The summed E-state index contributed by atoms with van der Waals surface area (Å²) in [4.78, 5) is 4.51. The van der Waals surface area contributed by atoms with Gasteiger partial charge < -0.3 is 10.4 Å². The standard InChI is InChI=1S/C16H16N2OS/c1-10(15-9-20-11(2)18-15)17-14-7-3-6-13-12(14)5-4-8-16(13)19/h3-10,17,19H,1-2H3. The summed E-state index contributed by atoms with van der Waals surface area (Å²) in [6, 6.07) is 11.6. The zero-order chi connectivity index (χ0) is 14.1. The van der Waals surface area contributed by atoms with Crippen molar-refractivity contribution in [2.75, 3.05) is 5.32 Å². The van der Waals surface area contributed by atoms with Crippen molar-refractivity contribution >= 4 is 27.8 Å². The molecule has 0 spiro atoms. The van der Waals surface area contributed by atoms with E-state index >= 15 is 0 Å². The van der Waals surface area contributed by atoms with Gasteiger partial charge in [-0.25, -0.2) is 4.98 Å². The largest absolute Gasteiger partial charge is 0.507 e. The van der Waals surface area contributed by atoms with E-state index in [9.17, 15) is 5.11 Å². The van der Waals surface area contributed by atoms with Crippen LogP contribution in [0.3, 0.4) is 0 Å². The first kappa shape index (κ1) is 12.9. The molecule has 0 amide bonds. The minimum atomic E-state index is 0.132. The molecule has 2 aromatic carbocycles. The molecule has 1 heterocycles. The first-order chi connectivity index (χ1) is 9.65. The third-order valence-electron chi connectivity index (χ3n) is 3.35. The number of aromatic nitrogens is 1. The lowest BCUT2D eigenvalue weighted by molar-refractivity contribution is 0.481. The Balaban J connectivity index is 1.97. The predicted octanol–water partition coefficient (Wildman–Crippen LogP) is 4.48. The van der Waals surface area contributed by atoms with Gasteiger partial charge in [-0.05, 0) is 26.0 Å². The highest BCUT2D eigenvalue weighted by molar-refractivity contribution is 7.09. The lowest BCUT2D eigenvalue weighted by Gasteiger charge is -2.15. The normalized spacial score (nSPS) is 12.5. The highest BCUT2D eigenvalue weighted by atomic mass is 32.1. The number of hydrogen-bond acceptors (Lipinski definition) is 4. The molecule has 4 heteroatoms. The van der Waals surface area contributed by atoms with E-state index in [1.165, 1.54) is 0 Å². The summed E-state index contributed by atoms with van der Waals surface area (Å²) < 4.78 is 0. The quantitative estimate of drug-likeness (QED) is 0.745. The lowest BCUT2D eigenvalue weighted by Crippen LogP contribution is -2.07. The molecule has 1 atom stereocenters. The average molecular weight is 284 g/mol. The summed E-state index contributed by atoms with van der Waals surface area (Å²) >= 11 is 1.66. The highest BCUT2D eigenvalue weighted by Gasteiger charge is 2.11. The summed E-state index contributed by atoms with van der Waals surface area (Å²) in [5.41, 5.74) is 2.06. The number of benzene rings is 2. The molecule has 0 fully saturated rings. The van der Waals surface area contributed by atoms with Gasteiger partial charge in [0, 0.05) is 21.8 Å². The molecule has 0 bridgehead atoms. The second-order valence-electron chi connectivity index (χ2n) is 4.84. The van der Waals surface area contributed by atoms with Gasteiger partial charge in [0.05, 0.1) is 16.7 Å². The lowest BCUT2D eigenvalue weighted by atomic mass is 10.1. The minimum Gasteiger partial charge on any atom is -0.507 e. The van der Waals surface area contributed by atoms with Crippen LogP contribution in [0, 0.1) is 6.92 Å². The minimum absolute atomic E-state index is 0.132. The van der Waals surface area contributed by atoms with Gasteiger partial charge >= 0.3 is 0 Å². The van der Waals surface area contributed by atoms with E-state index in [2.05, 4.69) is 22.6 Å². The van der Waals surface area contributed by atoms with Gasteiger partial charge in [-0.1, -0.05) is 24.3 Å². The molecular weight excluding hydrogens is 268 g/mol. The summed E-state index contributed by atoms with van der Waals surface area (Å²) in [5, 5.41) is 18.4. The van der Waals surface area contributed by atoms with Crippen LogP contribution in [0.1, 0.15) is 23.7 Å². The predicted molar refractivity (Wildman–Crippen MR) is 84.5 cm³/mol. The van der Waals surface area contributed by atoms with Crippen LogP contribution >= 0.6 is 11.3 Å². The van der Waals surface area contributed by atoms with Crippen LogP contribution in [-0.4, -0.2) is 10.1 Å². The third kappa shape index (κ3) is 2.34. The average Bonchev–Trinajstić information content (AvgIpc) is 2.87. The molecule has 2 N–H and O–H groups in total. The number of fused-ring (bicyclic) bond motifs is 1. The van der Waals surface area contributed by atoms with Gasteiger partial charge in [-0.3, -0.25) is 0 Å². The zero-order valence-corrected chi connectivity index (χ0v) is 12.2. The number of anilines is 1. The van der Waals surface area contributed by atoms with Gasteiger partial charge in [0.2, 0.25) is 0 Å². The highest BCUT2D eigenvalue weighted by Crippen LogP contribution is 2.31. The fourth-order valence-electron chi connectivity index (χ4n) is 2.31. The molecule has 0 aliphatic heterocycles. The SMILES string of the molecule is Cc1nc(C(C)Nc2cccc3c(O)cccc23)cs1. The van der Waals surface area contributed by atoms with Crippen LogP contribution in [0.25, 0.3) is 10.8 Å². The number of phenolic OH excluding ortho intramolecular Hbond substituents is 1. The smallest absolute Gasteiger partial charge is 0.123 e. The number of thiazole rings is 1. The van der Waals surface area contributed by atoms with Gasteiger partial charge in [-0.2, -0.15) is 0 Å². The van der Waals surface area contributed by atoms with E-state index < -0.39 is 0 Å². The molecule has 0 aliphatic carbocycles. The number of aromatic hydroxyl groups is 1. The molecule has 3 nitrogen and oxygen atoms in total. The fraction of sp³-hybridized carbons (Fsp3) is 0.188. The summed E-state index contributed by atoms with van der Waals surface area (Å²) in [6.45, 7) is 4.10. The van der Waals surface area contributed by atoms with E-state index in [1.807, 2.05) is 37.3 Å². The van der Waals surface area contributed by atoms with Crippen molar-refractivity contribution in [1.82, 2.24) is 4.98 Å². The number of nitrogens with zero attached hydrogens (tertiary/aromatic N) is 1. The molecule has 3 rings (SSSR count). The Kier molecular flexibility index (Phi) is 3.32. The summed E-state index contributed by atoms with van der Waals surface area (Å²) in [5.74, 6) is 0.309. The summed E-state index contributed by atoms with van der Waals surface area (Å²) in [6.07, 6.45) is 0. The van der Waals surface area contributed by atoms with E-state index in [1.54, 1.807) is 17.4 Å². The molecule has 0 saturated carbocycles. The van der Waals surface area contributed by atoms with E-state index in [4.69, 9.17) is 0 Å². The van der Waals surface area contributed by atoms with Gasteiger partial charge in [0.15, 0.2) is 0 Å². The number of rotatable bonds is 3. The number of aryl methyl sites for hydroxylation is 1. The Bertz CT molecular complexity index is 751. The van der Waals surface area contributed by atoms with Crippen LogP contribution in [0.5, 0.6) is 5.75 Å². The molecule has 1 unspecified atom stereocenters. The molecule has 20 heavy (non-hydrogen) atoms. The Hall–Kier alpha value is -2.07. The Morgan fingerprint density at radius 1 is 1.15 bits per heavy atom. The maximum absolute atomic E-state index is 9.91. The number of hydrogen-bond donors (Lipinski definition) is 2. The topological polar surface area (TPSA) is 45.2 Å². The second kappa shape index (κ2) is 5.13. The number of phenols is 1. The van der Waals surface area contributed by atoms with Crippen molar-refractivity contribution in [3.05, 3.63) is 52.5 Å². The van der Waals surface area contributed by atoms with Crippen molar-refractivity contribution in [1.29, 1.82) is 0 Å². The van der Waals surface area contributed by atoms with Crippen LogP contribution < -0.4 is 5.32 Å². The van der Waals surface area contributed by atoms with E-state index in [0.29, 0.717) is 5.75 Å². The van der Waals surface area contributed by atoms with Crippen molar-refractivity contribution in [2.24, 2.45) is 0 Å². The van der Waals surface area contributed by atoms with Gasteiger partial charge in [0.25, 0.3) is 0 Å². The Labute approximate surface area is 121 Å². The first-order valence-corrected chi connectivity index (χ1v) is 7.42. The maximum atomic E-state index is 9.91. The van der Waals surface area contributed by atoms with Crippen LogP contribution in [-0.2, 0) is 0 Å². The van der Waals surface area contributed by atoms with Crippen LogP contribution in [0.2, 0.25) is 0 Å².